The van der Waals surface area contributed by atoms with Gasteiger partial charge < -0.3 is 16.0 Å². The summed E-state index contributed by atoms with van der Waals surface area (Å²) in [4.78, 5) is 14.4. The van der Waals surface area contributed by atoms with Crippen molar-refractivity contribution in [1.29, 1.82) is 0 Å². The molecule has 3 unspecified atom stereocenters. The molecule has 1 aliphatic rings. The molecule has 0 bridgehead atoms. The van der Waals surface area contributed by atoms with Crippen molar-refractivity contribution in [2.45, 2.75) is 32.7 Å². The van der Waals surface area contributed by atoms with Crippen LogP contribution in [0.5, 0.6) is 0 Å². The summed E-state index contributed by atoms with van der Waals surface area (Å²) in [5.74, 6) is 0.698. The molecular formula is C17H26BrN3O. The molecular weight excluding hydrogens is 342 g/mol. The molecule has 3 N–H and O–H groups in total. The van der Waals surface area contributed by atoms with Crippen molar-refractivity contribution in [3.8, 4) is 0 Å². The average Bonchev–Trinajstić information content (AvgIpc) is 3.00. The topological polar surface area (TPSA) is 58.4 Å². The molecule has 1 heterocycles. The number of benzene rings is 1. The number of halogens is 1. The molecule has 122 valence electrons. The van der Waals surface area contributed by atoms with Gasteiger partial charge in [-0.1, -0.05) is 42.3 Å². The number of hydrogen-bond acceptors (Lipinski definition) is 3. The smallest absolute Gasteiger partial charge is 0.237 e. The summed E-state index contributed by atoms with van der Waals surface area (Å²) in [5, 5.41) is 3.02. The molecule has 1 aromatic carbocycles. The molecule has 1 aromatic rings. The number of carbonyl (C=O) groups excluding carboxylic acids is 1. The van der Waals surface area contributed by atoms with E-state index in [4.69, 9.17) is 5.73 Å². The van der Waals surface area contributed by atoms with Crippen LogP contribution in [0.3, 0.4) is 0 Å². The minimum atomic E-state index is -0.396. The van der Waals surface area contributed by atoms with E-state index in [2.05, 4.69) is 51.3 Å². The summed E-state index contributed by atoms with van der Waals surface area (Å²) in [5.41, 5.74) is 7.20. The summed E-state index contributed by atoms with van der Waals surface area (Å²) < 4.78 is 1.10. The molecule has 4 nitrogen and oxygen atoms in total. The van der Waals surface area contributed by atoms with Gasteiger partial charge in [-0.2, -0.15) is 0 Å². The monoisotopic (exact) mass is 367 g/mol. The maximum absolute atomic E-state index is 12.0. The zero-order chi connectivity index (χ0) is 16.1. The van der Waals surface area contributed by atoms with Gasteiger partial charge in [0.05, 0.1) is 6.04 Å². The Labute approximate surface area is 141 Å². The molecule has 5 heteroatoms. The van der Waals surface area contributed by atoms with Crippen LogP contribution in [0, 0.1) is 11.8 Å². The number of hydrogen-bond donors (Lipinski definition) is 2. The van der Waals surface area contributed by atoms with Crippen LogP contribution in [0.15, 0.2) is 28.7 Å². The largest absolute Gasteiger partial charge is 0.371 e. The van der Waals surface area contributed by atoms with Crippen LogP contribution < -0.4 is 16.0 Å². The van der Waals surface area contributed by atoms with Gasteiger partial charge in [-0.15, -0.1) is 0 Å². The van der Waals surface area contributed by atoms with E-state index in [1.165, 1.54) is 5.69 Å². The minimum absolute atomic E-state index is 0.0183. The fourth-order valence-corrected chi connectivity index (χ4v) is 3.17. The van der Waals surface area contributed by atoms with E-state index in [0.717, 1.165) is 30.4 Å². The highest BCUT2D eigenvalue weighted by Gasteiger charge is 2.25. The van der Waals surface area contributed by atoms with Crippen LogP contribution in [0.2, 0.25) is 0 Å². The highest BCUT2D eigenvalue weighted by molar-refractivity contribution is 9.10. The Hall–Kier alpha value is -1.07. The number of amides is 1. The van der Waals surface area contributed by atoms with E-state index in [1.54, 1.807) is 0 Å². The second-order valence-corrected chi connectivity index (χ2v) is 7.15. The van der Waals surface area contributed by atoms with E-state index in [1.807, 2.05) is 13.0 Å². The van der Waals surface area contributed by atoms with Gasteiger partial charge in [0.25, 0.3) is 0 Å². The van der Waals surface area contributed by atoms with Gasteiger partial charge >= 0.3 is 0 Å². The minimum Gasteiger partial charge on any atom is -0.371 e. The molecule has 1 aliphatic heterocycles. The van der Waals surface area contributed by atoms with Crippen molar-refractivity contribution in [3.05, 3.63) is 28.7 Å². The van der Waals surface area contributed by atoms with E-state index >= 15 is 0 Å². The van der Waals surface area contributed by atoms with Gasteiger partial charge in [-0.3, -0.25) is 4.79 Å². The van der Waals surface area contributed by atoms with Crippen LogP contribution in [0.1, 0.15) is 26.7 Å². The van der Waals surface area contributed by atoms with E-state index < -0.39 is 6.04 Å². The zero-order valence-corrected chi connectivity index (χ0v) is 15.0. The molecule has 0 saturated carbocycles. The molecule has 3 atom stereocenters. The van der Waals surface area contributed by atoms with E-state index in [9.17, 15) is 4.79 Å². The van der Waals surface area contributed by atoms with Gasteiger partial charge in [-0.05, 0) is 36.5 Å². The second-order valence-electron chi connectivity index (χ2n) is 6.24. The van der Waals surface area contributed by atoms with E-state index in [0.29, 0.717) is 12.5 Å². The van der Waals surface area contributed by atoms with Gasteiger partial charge in [0, 0.05) is 29.8 Å². The lowest BCUT2D eigenvalue weighted by atomic mass is 9.99. The fourth-order valence-electron chi connectivity index (χ4n) is 2.78. The van der Waals surface area contributed by atoms with Crippen LogP contribution in [0.25, 0.3) is 0 Å². The Bertz CT molecular complexity index is 508. The molecule has 0 aromatic heterocycles. The van der Waals surface area contributed by atoms with E-state index in [-0.39, 0.29) is 11.8 Å². The first kappa shape index (κ1) is 17.3. The second kappa shape index (κ2) is 7.97. The average molecular weight is 368 g/mol. The molecule has 1 fully saturated rings. The van der Waals surface area contributed by atoms with Crippen molar-refractivity contribution in [2.24, 2.45) is 17.6 Å². The van der Waals surface area contributed by atoms with Gasteiger partial charge in [-0.25, -0.2) is 0 Å². The predicted molar refractivity (Wildman–Crippen MR) is 94.9 cm³/mol. The van der Waals surface area contributed by atoms with Gasteiger partial charge in [0.15, 0.2) is 0 Å². The standard InChI is InChI=1S/C17H26BrN3O/c1-3-12(2)16(19)17(22)20-10-13-7-8-21(11-13)15-6-4-5-14(18)9-15/h4-6,9,12-13,16H,3,7-8,10-11,19H2,1-2H3,(H,20,22). The van der Waals surface area contributed by atoms with Crippen molar-refractivity contribution in [3.63, 3.8) is 0 Å². The number of nitrogens with two attached hydrogens (primary N) is 1. The molecule has 1 saturated heterocycles. The van der Waals surface area contributed by atoms with Crippen LogP contribution in [-0.4, -0.2) is 31.6 Å². The van der Waals surface area contributed by atoms with Crippen molar-refractivity contribution < 1.29 is 4.79 Å². The highest BCUT2D eigenvalue weighted by Crippen LogP contribution is 2.25. The summed E-state index contributed by atoms with van der Waals surface area (Å²) >= 11 is 3.51. The number of nitrogens with zero attached hydrogens (tertiary/aromatic N) is 1. The Balaban J connectivity index is 1.80. The van der Waals surface area contributed by atoms with Crippen molar-refractivity contribution in [2.75, 3.05) is 24.5 Å². The Kier molecular flexibility index (Phi) is 6.26. The number of anilines is 1. The predicted octanol–water partition coefficient (Wildman–Crippen LogP) is 2.77. The zero-order valence-electron chi connectivity index (χ0n) is 13.4. The first-order valence-electron chi connectivity index (χ1n) is 8.05. The molecule has 0 radical (unpaired) electrons. The third kappa shape index (κ3) is 4.46. The fraction of sp³-hybridized carbons (Fsp3) is 0.588. The first-order chi connectivity index (χ1) is 10.5. The van der Waals surface area contributed by atoms with Crippen LogP contribution in [0.4, 0.5) is 5.69 Å². The van der Waals surface area contributed by atoms with Crippen molar-refractivity contribution >= 4 is 27.5 Å². The SMILES string of the molecule is CCC(C)C(N)C(=O)NCC1CCN(c2cccc(Br)c2)C1. The molecule has 2 rings (SSSR count). The van der Waals surface area contributed by atoms with Crippen molar-refractivity contribution in [1.82, 2.24) is 5.32 Å². The summed E-state index contributed by atoms with van der Waals surface area (Å²) in [7, 11) is 0. The van der Waals surface area contributed by atoms with Gasteiger partial charge in [0.2, 0.25) is 5.91 Å². The van der Waals surface area contributed by atoms with Crippen LogP contribution >= 0.6 is 15.9 Å². The first-order valence-corrected chi connectivity index (χ1v) is 8.84. The Morgan fingerprint density at radius 2 is 2.32 bits per heavy atom. The molecule has 22 heavy (non-hydrogen) atoms. The Morgan fingerprint density at radius 1 is 1.55 bits per heavy atom. The molecule has 0 spiro atoms. The molecule has 1 amide bonds. The third-order valence-corrected chi connectivity index (χ3v) is 5.08. The lowest BCUT2D eigenvalue weighted by molar-refractivity contribution is -0.123. The lowest BCUT2D eigenvalue weighted by Gasteiger charge is -2.21. The summed E-state index contributed by atoms with van der Waals surface area (Å²) in [6, 6.07) is 7.96. The number of carbonyl (C=O) groups is 1. The summed E-state index contributed by atoms with van der Waals surface area (Å²) in [6.45, 7) is 6.82. The lowest BCUT2D eigenvalue weighted by Crippen LogP contribution is -2.46. The van der Waals surface area contributed by atoms with Crippen LogP contribution in [-0.2, 0) is 4.79 Å². The number of rotatable bonds is 6. The third-order valence-electron chi connectivity index (χ3n) is 4.58. The number of nitrogens with one attached hydrogen (secondary N) is 1. The molecule has 0 aliphatic carbocycles. The maximum atomic E-state index is 12.0. The van der Waals surface area contributed by atoms with Gasteiger partial charge in [0.1, 0.15) is 0 Å². The normalized spacial score (nSPS) is 20.7. The quantitative estimate of drug-likeness (QED) is 0.812. The maximum Gasteiger partial charge on any atom is 0.237 e. The summed E-state index contributed by atoms with van der Waals surface area (Å²) in [6.07, 6.45) is 2.03. The highest BCUT2D eigenvalue weighted by atomic mass is 79.9. The Morgan fingerprint density at radius 3 is 3.00 bits per heavy atom.